The Hall–Kier alpha value is -0.460. The average molecular weight is 194 g/mol. The molecule has 0 N–H and O–H groups in total. The monoisotopic (exact) mass is 194 g/mol. The number of hydrogen-bond donors (Lipinski definition) is 0. The van der Waals surface area contributed by atoms with E-state index in [9.17, 15) is 13.2 Å². The lowest BCUT2D eigenvalue weighted by Gasteiger charge is -2.11. The van der Waals surface area contributed by atoms with Gasteiger partial charge in [-0.15, -0.1) is 0 Å². The van der Waals surface area contributed by atoms with E-state index in [0.717, 1.165) is 6.26 Å². The topological polar surface area (TPSA) is 69.7 Å². The number of carbonyl (C=O) groups excluding carboxylic acids is 1. The van der Waals surface area contributed by atoms with E-state index in [-0.39, 0.29) is 0 Å². The molecule has 0 radical (unpaired) electrons. The predicted octanol–water partition coefficient (Wildman–Crippen LogP) is -0.681. The maximum atomic E-state index is 10.7. The quantitative estimate of drug-likeness (QED) is 0.439. The molecule has 0 aliphatic carbocycles. The van der Waals surface area contributed by atoms with Crippen molar-refractivity contribution in [1.29, 1.82) is 0 Å². The Kier molecular flexibility index (Phi) is 2.81. The van der Waals surface area contributed by atoms with Crippen LogP contribution >= 0.6 is 0 Å². The summed E-state index contributed by atoms with van der Waals surface area (Å²) in [4.78, 5) is 10.3. The molecule has 0 aromatic rings. The molecule has 0 saturated carbocycles. The minimum atomic E-state index is -3.49. The van der Waals surface area contributed by atoms with Gasteiger partial charge in [0, 0.05) is 6.42 Å². The summed E-state index contributed by atoms with van der Waals surface area (Å²) in [6, 6.07) is 0. The van der Waals surface area contributed by atoms with Crippen LogP contribution in [0.15, 0.2) is 0 Å². The zero-order valence-corrected chi connectivity index (χ0v) is 7.41. The highest BCUT2D eigenvalue weighted by molar-refractivity contribution is 7.86. The lowest BCUT2D eigenvalue weighted by molar-refractivity contribution is -0.118. The van der Waals surface area contributed by atoms with E-state index in [1.165, 1.54) is 0 Å². The van der Waals surface area contributed by atoms with Crippen molar-refractivity contribution < 1.29 is 22.1 Å². The minimum Gasteiger partial charge on any atom is -0.368 e. The summed E-state index contributed by atoms with van der Waals surface area (Å²) >= 11 is 0. The molecule has 1 heterocycles. The minimum absolute atomic E-state index is 0.365. The summed E-state index contributed by atoms with van der Waals surface area (Å²) < 4.78 is 30.8. The third-order valence-electron chi connectivity index (χ3n) is 1.51. The van der Waals surface area contributed by atoms with Crippen LogP contribution in [0, 0.1) is 0 Å². The number of rotatable bonds is 3. The van der Waals surface area contributed by atoms with Crippen molar-refractivity contribution >= 4 is 16.4 Å². The molecular weight excluding hydrogens is 184 g/mol. The van der Waals surface area contributed by atoms with Gasteiger partial charge in [0.15, 0.2) is 6.29 Å². The average Bonchev–Trinajstić information content (AvgIpc) is 2.31. The van der Waals surface area contributed by atoms with Crippen LogP contribution in [0.2, 0.25) is 0 Å². The summed E-state index contributed by atoms with van der Waals surface area (Å²) in [5.74, 6) is 0. The molecule has 0 bridgehead atoms. The normalized spacial score (nSPS) is 30.4. The fourth-order valence-electron chi connectivity index (χ4n) is 1.05. The SMILES string of the molecule is CS(=O)(=O)OC1CCOC1C=O. The highest BCUT2D eigenvalue weighted by Gasteiger charge is 2.31. The van der Waals surface area contributed by atoms with Crippen LogP contribution < -0.4 is 0 Å². The first-order valence-corrected chi connectivity index (χ1v) is 5.30. The molecule has 1 saturated heterocycles. The summed E-state index contributed by atoms with van der Waals surface area (Å²) in [5.41, 5.74) is 0. The Morgan fingerprint density at radius 3 is 2.75 bits per heavy atom. The molecule has 0 amide bonds. The van der Waals surface area contributed by atoms with Crippen molar-refractivity contribution in [1.82, 2.24) is 0 Å². The Labute approximate surface area is 70.8 Å². The Morgan fingerprint density at radius 1 is 1.58 bits per heavy atom. The number of carbonyl (C=O) groups is 1. The van der Waals surface area contributed by atoms with Crippen molar-refractivity contribution in [3.8, 4) is 0 Å². The number of aldehydes is 1. The van der Waals surface area contributed by atoms with E-state index in [1.54, 1.807) is 0 Å². The molecule has 6 heteroatoms. The van der Waals surface area contributed by atoms with E-state index in [2.05, 4.69) is 4.18 Å². The lowest BCUT2D eigenvalue weighted by Crippen LogP contribution is -2.27. The smallest absolute Gasteiger partial charge is 0.264 e. The van der Waals surface area contributed by atoms with E-state index < -0.39 is 22.3 Å². The molecule has 0 aromatic heterocycles. The van der Waals surface area contributed by atoms with Crippen LogP contribution in [0.3, 0.4) is 0 Å². The van der Waals surface area contributed by atoms with E-state index >= 15 is 0 Å². The standard InChI is InChI=1S/C6H10O5S/c1-12(8,9)11-5-2-3-10-6(5)4-7/h4-6H,2-3H2,1H3. The summed E-state index contributed by atoms with van der Waals surface area (Å²) in [6.07, 6.45) is 0.573. The highest BCUT2D eigenvalue weighted by Crippen LogP contribution is 2.16. The second kappa shape index (κ2) is 3.51. The Morgan fingerprint density at radius 2 is 2.25 bits per heavy atom. The van der Waals surface area contributed by atoms with E-state index in [4.69, 9.17) is 4.74 Å². The van der Waals surface area contributed by atoms with Gasteiger partial charge in [0.25, 0.3) is 10.1 Å². The van der Waals surface area contributed by atoms with Gasteiger partial charge in [-0.3, -0.25) is 4.18 Å². The molecule has 1 aliphatic heterocycles. The van der Waals surface area contributed by atoms with Crippen molar-refractivity contribution in [3.63, 3.8) is 0 Å². The fraction of sp³-hybridized carbons (Fsp3) is 0.833. The molecule has 1 fully saturated rings. The molecule has 0 aromatic carbocycles. The summed E-state index contributed by atoms with van der Waals surface area (Å²) in [7, 11) is -3.49. The van der Waals surface area contributed by atoms with Crippen molar-refractivity contribution in [2.75, 3.05) is 12.9 Å². The zero-order valence-electron chi connectivity index (χ0n) is 6.60. The van der Waals surface area contributed by atoms with Crippen LogP contribution in [0.4, 0.5) is 0 Å². The van der Waals surface area contributed by atoms with E-state index in [1.807, 2.05) is 0 Å². The van der Waals surface area contributed by atoms with Crippen LogP contribution in [0.25, 0.3) is 0 Å². The van der Waals surface area contributed by atoms with Gasteiger partial charge in [-0.1, -0.05) is 0 Å². The second-order valence-electron chi connectivity index (χ2n) is 2.60. The fourth-order valence-corrected chi connectivity index (χ4v) is 1.70. The van der Waals surface area contributed by atoms with Crippen LogP contribution in [-0.4, -0.2) is 39.8 Å². The Bertz CT molecular complexity index is 257. The van der Waals surface area contributed by atoms with Gasteiger partial charge in [0.1, 0.15) is 12.2 Å². The van der Waals surface area contributed by atoms with Gasteiger partial charge < -0.3 is 9.53 Å². The van der Waals surface area contributed by atoms with Crippen molar-refractivity contribution in [2.45, 2.75) is 18.6 Å². The molecule has 70 valence electrons. The largest absolute Gasteiger partial charge is 0.368 e. The van der Waals surface area contributed by atoms with Gasteiger partial charge in [-0.25, -0.2) is 0 Å². The first-order chi connectivity index (χ1) is 5.53. The third-order valence-corrected chi connectivity index (χ3v) is 2.11. The third kappa shape index (κ3) is 2.54. The molecule has 0 spiro atoms. The van der Waals surface area contributed by atoms with Gasteiger partial charge in [-0.2, -0.15) is 8.42 Å². The van der Waals surface area contributed by atoms with E-state index in [0.29, 0.717) is 19.3 Å². The van der Waals surface area contributed by atoms with Gasteiger partial charge in [0.2, 0.25) is 0 Å². The maximum Gasteiger partial charge on any atom is 0.264 e. The number of hydrogen-bond acceptors (Lipinski definition) is 5. The first kappa shape index (κ1) is 9.63. The molecule has 12 heavy (non-hydrogen) atoms. The second-order valence-corrected chi connectivity index (χ2v) is 4.20. The summed E-state index contributed by atoms with van der Waals surface area (Å²) in [5, 5.41) is 0. The summed E-state index contributed by atoms with van der Waals surface area (Å²) in [6.45, 7) is 0.365. The number of ether oxygens (including phenoxy) is 1. The van der Waals surface area contributed by atoms with Gasteiger partial charge >= 0.3 is 0 Å². The van der Waals surface area contributed by atoms with Gasteiger partial charge in [0.05, 0.1) is 12.9 Å². The predicted molar refractivity (Wildman–Crippen MR) is 40.1 cm³/mol. The Balaban J connectivity index is 2.57. The van der Waals surface area contributed by atoms with Crippen LogP contribution in [0.5, 0.6) is 0 Å². The van der Waals surface area contributed by atoms with Crippen LogP contribution in [-0.2, 0) is 23.8 Å². The lowest BCUT2D eigenvalue weighted by atomic mass is 10.2. The van der Waals surface area contributed by atoms with Gasteiger partial charge in [-0.05, 0) is 0 Å². The van der Waals surface area contributed by atoms with Crippen molar-refractivity contribution in [3.05, 3.63) is 0 Å². The van der Waals surface area contributed by atoms with Crippen LogP contribution in [0.1, 0.15) is 6.42 Å². The molecule has 1 aliphatic rings. The molecule has 2 unspecified atom stereocenters. The maximum absolute atomic E-state index is 10.7. The van der Waals surface area contributed by atoms with Crippen molar-refractivity contribution in [2.24, 2.45) is 0 Å². The molecular formula is C6H10O5S. The highest BCUT2D eigenvalue weighted by atomic mass is 32.2. The zero-order chi connectivity index (χ0) is 9.19. The molecule has 5 nitrogen and oxygen atoms in total. The molecule has 2 atom stereocenters. The molecule has 1 rings (SSSR count). The first-order valence-electron chi connectivity index (χ1n) is 3.48.